The van der Waals surface area contributed by atoms with Crippen molar-refractivity contribution in [3.63, 3.8) is 0 Å². The predicted molar refractivity (Wildman–Crippen MR) is 112 cm³/mol. The van der Waals surface area contributed by atoms with Crippen LogP contribution in [0.5, 0.6) is 17.2 Å². The number of benzene rings is 2. The van der Waals surface area contributed by atoms with Crippen LogP contribution in [-0.4, -0.2) is 42.5 Å². The number of methoxy groups -OCH3 is 1. The molecule has 156 valence electrons. The number of carboxylic acids is 1. The molecule has 1 fully saturated rings. The van der Waals surface area contributed by atoms with E-state index in [0.29, 0.717) is 29.4 Å². The number of aliphatic carboxylic acids is 1. The molecule has 2 amide bonds. The summed E-state index contributed by atoms with van der Waals surface area (Å²) in [6.45, 7) is 1.63. The van der Waals surface area contributed by atoms with Gasteiger partial charge in [-0.3, -0.25) is 9.59 Å². The SMILES string of the molecule is CCOc1cc(/C=C2/SC(=O)N(c3ccc(OC)cc3)C2=O)ccc1OCC(=O)O. The van der Waals surface area contributed by atoms with Gasteiger partial charge in [0.2, 0.25) is 0 Å². The third-order valence-electron chi connectivity index (χ3n) is 4.04. The van der Waals surface area contributed by atoms with Gasteiger partial charge < -0.3 is 19.3 Å². The topological polar surface area (TPSA) is 102 Å². The van der Waals surface area contributed by atoms with E-state index < -0.39 is 23.7 Å². The number of carboxylic acid groups (broad SMARTS) is 1. The Morgan fingerprint density at radius 1 is 1.10 bits per heavy atom. The van der Waals surface area contributed by atoms with E-state index in [1.165, 1.54) is 7.11 Å². The fourth-order valence-electron chi connectivity index (χ4n) is 2.71. The molecule has 1 heterocycles. The van der Waals surface area contributed by atoms with Gasteiger partial charge >= 0.3 is 5.97 Å². The lowest BCUT2D eigenvalue weighted by atomic mass is 10.1. The molecule has 1 aliphatic heterocycles. The second-order valence-corrected chi connectivity index (χ2v) is 7.03. The molecule has 1 aliphatic rings. The number of anilines is 1. The molecule has 0 aliphatic carbocycles. The molecule has 9 heteroatoms. The molecule has 2 aromatic rings. The fourth-order valence-corrected chi connectivity index (χ4v) is 3.56. The van der Waals surface area contributed by atoms with Gasteiger partial charge in [-0.05, 0) is 66.7 Å². The van der Waals surface area contributed by atoms with E-state index in [1.54, 1.807) is 55.5 Å². The van der Waals surface area contributed by atoms with Crippen molar-refractivity contribution >= 4 is 40.6 Å². The first kappa shape index (κ1) is 21.3. The van der Waals surface area contributed by atoms with Crippen LogP contribution in [-0.2, 0) is 9.59 Å². The van der Waals surface area contributed by atoms with Gasteiger partial charge in [0, 0.05) is 0 Å². The Kier molecular flexibility index (Phi) is 6.63. The lowest BCUT2D eigenvalue weighted by Crippen LogP contribution is -2.27. The Bertz CT molecular complexity index is 1000. The highest BCUT2D eigenvalue weighted by atomic mass is 32.2. The molecule has 0 spiro atoms. The number of nitrogens with zero attached hydrogens (tertiary/aromatic N) is 1. The zero-order chi connectivity index (χ0) is 21.7. The zero-order valence-corrected chi connectivity index (χ0v) is 17.1. The monoisotopic (exact) mass is 429 g/mol. The van der Waals surface area contributed by atoms with Crippen LogP contribution in [0.2, 0.25) is 0 Å². The molecule has 2 aromatic carbocycles. The van der Waals surface area contributed by atoms with Gasteiger partial charge in [-0.25, -0.2) is 9.69 Å². The van der Waals surface area contributed by atoms with Gasteiger partial charge in [-0.2, -0.15) is 0 Å². The van der Waals surface area contributed by atoms with Crippen molar-refractivity contribution in [2.24, 2.45) is 0 Å². The summed E-state index contributed by atoms with van der Waals surface area (Å²) >= 11 is 0.837. The molecular weight excluding hydrogens is 410 g/mol. The first-order chi connectivity index (χ1) is 14.4. The van der Waals surface area contributed by atoms with E-state index in [2.05, 4.69) is 0 Å². The summed E-state index contributed by atoms with van der Waals surface area (Å²) < 4.78 is 15.8. The second-order valence-electron chi connectivity index (χ2n) is 6.04. The highest BCUT2D eigenvalue weighted by molar-refractivity contribution is 8.19. The standard InChI is InChI=1S/C21H19NO7S/c1-3-28-17-10-13(4-9-16(17)29-12-19(23)24)11-18-20(25)22(21(26)30-18)14-5-7-15(27-2)8-6-14/h4-11H,3,12H2,1-2H3,(H,23,24)/b18-11+. The van der Waals surface area contributed by atoms with Crippen LogP contribution >= 0.6 is 11.8 Å². The zero-order valence-electron chi connectivity index (χ0n) is 16.3. The molecule has 1 N–H and O–H groups in total. The molecule has 3 rings (SSSR count). The molecule has 1 saturated heterocycles. The summed E-state index contributed by atoms with van der Waals surface area (Å²) in [4.78, 5) is 37.3. The van der Waals surface area contributed by atoms with Gasteiger partial charge in [-0.1, -0.05) is 6.07 Å². The van der Waals surface area contributed by atoms with Crippen molar-refractivity contribution in [3.8, 4) is 17.2 Å². The van der Waals surface area contributed by atoms with E-state index in [4.69, 9.17) is 19.3 Å². The number of carbonyl (C=O) groups is 3. The van der Waals surface area contributed by atoms with Crippen molar-refractivity contribution in [2.45, 2.75) is 6.92 Å². The maximum absolute atomic E-state index is 12.8. The van der Waals surface area contributed by atoms with E-state index in [0.717, 1.165) is 16.7 Å². The van der Waals surface area contributed by atoms with Crippen LogP contribution in [0.3, 0.4) is 0 Å². The Labute approximate surface area is 177 Å². The Morgan fingerprint density at radius 2 is 1.83 bits per heavy atom. The van der Waals surface area contributed by atoms with Crippen molar-refractivity contribution in [1.29, 1.82) is 0 Å². The minimum atomic E-state index is -1.10. The molecule has 8 nitrogen and oxygen atoms in total. The molecule has 0 aromatic heterocycles. The summed E-state index contributed by atoms with van der Waals surface area (Å²) in [5, 5.41) is 8.38. The number of rotatable bonds is 8. The average Bonchev–Trinajstić information content (AvgIpc) is 3.00. The number of imide groups is 1. The van der Waals surface area contributed by atoms with Crippen LogP contribution < -0.4 is 19.1 Å². The van der Waals surface area contributed by atoms with Gasteiger partial charge in [0.15, 0.2) is 18.1 Å². The lowest BCUT2D eigenvalue weighted by molar-refractivity contribution is -0.139. The first-order valence-corrected chi connectivity index (χ1v) is 9.78. The van der Waals surface area contributed by atoms with Crippen LogP contribution in [0, 0.1) is 0 Å². The molecular formula is C21H19NO7S. The van der Waals surface area contributed by atoms with Crippen LogP contribution in [0.4, 0.5) is 10.5 Å². The summed E-state index contributed by atoms with van der Waals surface area (Å²) in [5.74, 6) is -0.285. The third-order valence-corrected chi connectivity index (χ3v) is 4.91. The number of amides is 2. The van der Waals surface area contributed by atoms with Crippen molar-refractivity contribution in [3.05, 3.63) is 52.9 Å². The normalized spacial score (nSPS) is 14.9. The number of hydrogen-bond acceptors (Lipinski definition) is 7. The van der Waals surface area contributed by atoms with Crippen LogP contribution in [0.25, 0.3) is 6.08 Å². The fraction of sp³-hybridized carbons (Fsp3) is 0.190. The van der Waals surface area contributed by atoms with E-state index in [9.17, 15) is 14.4 Å². The maximum Gasteiger partial charge on any atom is 0.341 e. The number of hydrogen-bond donors (Lipinski definition) is 1. The van der Waals surface area contributed by atoms with Crippen molar-refractivity contribution in [1.82, 2.24) is 0 Å². The highest BCUT2D eigenvalue weighted by Gasteiger charge is 2.36. The second kappa shape index (κ2) is 9.36. The van der Waals surface area contributed by atoms with Gasteiger partial charge in [0.05, 0.1) is 24.3 Å². The minimum absolute atomic E-state index is 0.262. The minimum Gasteiger partial charge on any atom is -0.497 e. The van der Waals surface area contributed by atoms with Crippen molar-refractivity contribution < 1.29 is 33.7 Å². The lowest BCUT2D eigenvalue weighted by Gasteiger charge is -2.13. The van der Waals surface area contributed by atoms with Crippen LogP contribution in [0.15, 0.2) is 47.4 Å². The van der Waals surface area contributed by atoms with Gasteiger partial charge in [-0.15, -0.1) is 0 Å². The summed E-state index contributed by atoms with van der Waals surface area (Å²) in [6, 6.07) is 11.5. The van der Waals surface area contributed by atoms with E-state index in [1.807, 2.05) is 0 Å². The molecule has 0 atom stereocenters. The number of thioether (sulfide) groups is 1. The third kappa shape index (κ3) is 4.74. The van der Waals surface area contributed by atoms with E-state index in [-0.39, 0.29) is 10.7 Å². The van der Waals surface area contributed by atoms with Gasteiger partial charge in [0.1, 0.15) is 5.75 Å². The van der Waals surface area contributed by atoms with Crippen LogP contribution in [0.1, 0.15) is 12.5 Å². The maximum atomic E-state index is 12.8. The Balaban J connectivity index is 1.85. The number of carbonyl (C=O) groups excluding carboxylic acids is 2. The molecule has 0 radical (unpaired) electrons. The Hall–Kier alpha value is -3.46. The molecule has 30 heavy (non-hydrogen) atoms. The highest BCUT2D eigenvalue weighted by Crippen LogP contribution is 2.37. The van der Waals surface area contributed by atoms with Crippen molar-refractivity contribution in [2.75, 3.05) is 25.2 Å². The smallest absolute Gasteiger partial charge is 0.341 e. The largest absolute Gasteiger partial charge is 0.497 e. The van der Waals surface area contributed by atoms with E-state index >= 15 is 0 Å². The summed E-state index contributed by atoms with van der Waals surface area (Å²) in [7, 11) is 1.53. The molecule has 0 bridgehead atoms. The number of ether oxygens (including phenoxy) is 3. The van der Waals surface area contributed by atoms with Gasteiger partial charge in [0.25, 0.3) is 11.1 Å². The first-order valence-electron chi connectivity index (χ1n) is 8.96. The summed E-state index contributed by atoms with van der Waals surface area (Å²) in [5.41, 5.74) is 1.07. The Morgan fingerprint density at radius 3 is 2.47 bits per heavy atom. The predicted octanol–water partition coefficient (Wildman–Crippen LogP) is 3.80. The molecule has 0 saturated carbocycles. The summed E-state index contributed by atoms with van der Waals surface area (Å²) in [6.07, 6.45) is 1.58. The molecule has 0 unspecified atom stereocenters. The average molecular weight is 429 g/mol. The quantitative estimate of drug-likeness (QED) is 0.632.